The summed E-state index contributed by atoms with van der Waals surface area (Å²) >= 11 is 12.1. The van der Waals surface area contributed by atoms with Gasteiger partial charge in [0.05, 0.1) is 13.2 Å². The number of morpholine rings is 1. The molecule has 110 valence electrons. The molecule has 2 aliphatic rings. The molecule has 0 spiro atoms. The zero-order valence-electron chi connectivity index (χ0n) is 11.0. The van der Waals surface area contributed by atoms with Crippen molar-refractivity contribution in [3.05, 3.63) is 45.7 Å². The molecule has 1 saturated heterocycles. The quantitative estimate of drug-likeness (QED) is 0.475. The number of cyclic esters (lactones) is 1. The van der Waals surface area contributed by atoms with E-state index in [0.717, 1.165) is 0 Å². The molecule has 0 radical (unpaired) electrons. The number of benzene rings is 1. The van der Waals surface area contributed by atoms with Crippen molar-refractivity contribution in [3.8, 4) is 0 Å². The average molecular weight is 327 g/mol. The molecule has 2 heterocycles. The summed E-state index contributed by atoms with van der Waals surface area (Å²) < 4.78 is 10.4. The minimum absolute atomic E-state index is 0.128. The van der Waals surface area contributed by atoms with Gasteiger partial charge < -0.3 is 14.4 Å². The molecule has 0 N–H and O–H groups in total. The van der Waals surface area contributed by atoms with E-state index in [-0.39, 0.29) is 11.6 Å². The van der Waals surface area contributed by atoms with Crippen LogP contribution in [0.1, 0.15) is 5.56 Å². The lowest BCUT2D eigenvalue weighted by Crippen LogP contribution is -2.35. The van der Waals surface area contributed by atoms with Gasteiger partial charge in [-0.05, 0) is 24.3 Å². The number of aliphatic imine (C=N–C) groups is 1. The Hall–Kier alpha value is -1.56. The van der Waals surface area contributed by atoms with E-state index >= 15 is 0 Å². The van der Waals surface area contributed by atoms with Gasteiger partial charge in [0.15, 0.2) is 5.70 Å². The van der Waals surface area contributed by atoms with Gasteiger partial charge in [-0.15, -0.1) is 0 Å². The van der Waals surface area contributed by atoms with E-state index in [1.807, 2.05) is 4.90 Å². The van der Waals surface area contributed by atoms with Crippen LogP contribution in [-0.2, 0) is 14.3 Å². The third kappa shape index (κ3) is 3.05. The molecule has 1 aromatic rings. The lowest BCUT2D eigenvalue weighted by atomic mass is 10.2. The molecule has 0 aromatic heterocycles. The third-order valence-corrected chi connectivity index (χ3v) is 3.84. The molecule has 0 amide bonds. The highest BCUT2D eigenvalue weighted by molar-refractivity contribution is 6.32. The highest BCUT2D eigenvalue weighted by atomic mass is 35.5. The van der Waals surface area contributed by atoms with Crippen molar-refractivity contribution in [2.45, 2.75) is 0 Å². The Morgan fingerprint density at radius 3 is 2.52 bits per heavy atom. The Labute approximate surface area is 131 Å². The minimum Gasteiger partial charge on any atom is -0.402 e. The molecule has 1 fully saturated rings. The van der Waals surface area contributed by atoms with Crippen LogP contribution in [0.3, 0.4) is 0 Å². The number of hydrogen-bond donors (Lipinski definition) is 0. The van der Waals surface area contributed by atoms with Gasteiger partial charge in [0, 0.05) is 23.7 Å². The summed E-state index contributed by atoms with van der Waals surface area (Å²) in [5.74, 6) is -0.311. The largest absolute Gasteiger partial charge is 0.402 e. The van der Waals surface area contributed by atoms with E-state index in [9.17, 15) is 4.79 Å². The average Bonchev–Trinajstić information content (AvgIpc) is 2.90. The second-order valence-electron chi connectivity index (χ2n) is 4.55. The summed E-state index contributed by atoms with van der Waals surface area (Å²) in [7, 11) is 0. The number of carbonyl (C=O) groups excluding carboxylic acids is 1. The van der Waals surface area contributed by atoms with Crippen molar-refractivity contribution in [2.24, 2.45) is 4.99 Å². The van der Waals surface area contributed by atoms with Crippen LogP contribution in [0.25, 0.3) is 0 Å². The summed E-state index contributed by atoms with van der Waals surface area (Å²) in [6.45, 7) is 2.40. The molecule has 0 unspecified atom stereocenters. The zero-order chi connectivity index (χ0) is 14.8. The molecular weight excluding hydrogens is 315 g/mol. The molecule has 7 heteroatoms. The van der Waals surface area contributed by atoms with Crippen LogP contribution >= 0.6 is 23.2 Å². The first-order chi connectivity index (χ1) is 10.1. The monoisotopic (exact) mass is 326 g/mol. The zero-order valence-corrected chi connectivity index (χ0v) is 12.5. The lowest BCUT2D eigenvalue weighted by molar-refractivity contribution is -0.130. The second-order valence-corrected chi connectivity index (χ2v) is 5.35. The van der Waals surface area contributed by atoms with Gasteiger partial charge in [0.25, 0.3) is 0 Å². The van der Waals surface area contributed by atoms with E-state index in [1.54, 1.807) is 24.3 Å². The van der Waals surface area contributed by atoms with E-state index in [1.165, 1.54) is 0 Å². The summed E-state index contributed by atoms with van der Waals surface area (Å²) in [6, 6.07) is 6.89. The molecule has 21 heavy (non-hydrogen) atoms. The predicted molar refractivity (Wildman–Crippen MR) is 79.4 cm³/mol. The molecule has 1 aromatic carbocycles. The number of halogens is 2. The van der Waals surface area contributed by atoms with Gasteiger partial charge in [0.1, 0.15) is 5.16 Å². The minimum atomic E-state index is -0.545. The predicted octanol–water partition coefficient (Wildman–Crippen LogP) is 2.38. The van der Waals surface area contributed by atoms with Crippen molar-refractivity contribution in [1.82, 2.24) is 4.90 Å². The topological polar surface area (TPSA) is 51.1 Å². The summed E-state index contributed by atoms with van der Waals surface area (Å²) in [6.07, 6.45) is 0. The number of esters is 1. The van der Waals surface area contributed by atoms with Crippen LogP contribution in [-0.4, -0.2) is 43.1 Å². The van der Waals surface area contributed by atoms with E-state index in [0.29, 0.717) is 42.0 Å². The van der Waals surface area contributed by atoms with Gasteiger partial charge in [-0.25, -0.2) is 9.79 Å². The molecule has 5 nitrogen and oxygen atoms in total. The van der Waals surface area contributed by atoms with E-state index in [4.69, 9.17) is 32.7 Å². The Bertz CT molecular complexity index is 620. The number of hydrogen-bond acceptors (Lipinski definition) is 5. The standard InChI is InChI=1S/C14H12Cl2N2O3/c15-10-3-1-9(2-4-10)13-17-11(14(19)21-13)12(16)18-5-7-20-8-6-18/h1-4H,5-8H2/b12-11-. The van der Waals surface area contributed by atoms with Crippen molar-refractivity contribution in [3.63, 3.8) is 0 Å². The van der Waals surface area contributed by atoms with Crippen molar-refractivity contribution < 1.29 is 14.3 Å². The van der Waals surface area contributed by atoms with Crippen molar-refractivity contribution in [2.75, 3.05) is 26.3 Å². The smallest absolute Gasteiger partial charge is 0.366 e. The molecule has 3 rings (SSSR count). The second kappa shape index (κ2) is 6.05. The fourth-order valence-corrected chi connectivity index (χ4v) is 2.48. The van der Waals surface area contributed by atoms with Crippen LogP contribution in [0.4, 0.5) is 0 Å². The fraction of sp³-hybridized carbons (Fsp3) is 0.286. The highest BCUT2D eigenvalue weighted by Gasteiger charge is 2.29. The lowest BCUT2D eigenvalue weighted by Gasteiger charge is -2.27. The number of ether oxygens (including phenoxy) is 2. The number of nitrogens with zero attached hydrogens (tertiary/aromatic N) is 2. The maximum absolute atomic E-state index is 11.9. The molecule has 0 aliphatic carbocycles. The molecule has 0 atom stereocenters. The molecular formula is C14H12Cl2N2O3. The summed E-state index contributed by atoms with van der Waals surface area (Å²) in [5.41, 5.74) is 0.803. The van der Waals surface area contributed by atoms with Crippen LogP contribution in [0.15, 0.2) is 40.1 Å². The van der Waals surface area contributed by atoms with Gasteiger partial charge in [0.2, 0.25) is 5.90 Å². The van der Waals surface area contributed by atoms with Crippen molar-refractivity contribution in [1.29, 1.82) is 0 Å². The fourth-order valence-electron chi connectivity index (χ4n) is 2.06. The Balaban J connectivity index is 1.89. The Morgan fingerprint density at radius 2 is 1.86 bits per heavy atom. The van der Waals surface area contributed by atoms with E-state index in [2.05, 4.69) is 4.99 Å². The van der Waals surface area contributed by atoms with Crippen LogP contribution < -0.4 is 0 Å². The SMILES string of the molecule is O=C1OC(c2ccc(Cl)cc2)=N/C1=C(/Cl)N1CCOCC1. The maximum atomic E-state index is 11.9. The van der Waals surface area contributed by atoms with E-state index < -0.39 is 5.97 Å². The van der Waals surface area contributed by atoms with Crippen molar-refractivity contribution >= 4 is 35.1 Å². The normalized spacial score (nSPS) is 21.1. The Kier molecular flexibility index (Phi) is 4.14. The van der Waals surface area contributed by atoms with Gasteiger partial charge >= 0.3 is 5.97 Å². The maximum Gasteiger partial charge on any atom is 0.366 e. The van der Waals surface area contributed by atoms with Gasteiger partial charge in [-0.1, -0.05) is 23.2 Å². The highest BCUT2D eigenvalue weighted by Crippen LogP contribution is 2.25. The first-order valence-electron chi connectivity index (χ1n) is 6.44. The van der Waals surface area contributed by atoms with Crippen LogP contribution in [0.5, 0.6) is 0 Å². The van der Waals surface area contributed by atoms with Crippen LogP contribution in [0.2, 0.25) is 5.02 Å². The Morgan fingerprint density at radius 1 is 1.19 bits per heavy atom. The molecule has 0 bridgehead atoms. The first kappa shape index (κ1) is 14.4. The number of carbonyl (C=O) groups is 1. The first-order valence-corrected chi connectivity index (χ1v) is 7.20. The van der Waals surface area contributed by atoms with Gasteiger partial charge in [-0.2, -0.15) is 0 Å². The molecule has 2 aliphatic heterocycles. The summed E-state index contributed by atoms with van der Waals surface area (Å²) in [4.78, 5) is 18.0. The molecule has 0 saturated carbocycles. The van der Waals surface area contributed by atoms with Crippen LogP contribution in [0, 0.1) is 0 Å². The third-order valence-electron chi connectivity index (χ3n) is 3.17. The van der Waals surface area contributed by atoms with Gasteiger partial charge in [-0.3, -0.25) is 0 Å². The summed E-state index contributed by atoms with van der Waals surface area (Å²) in [5, 5.41) is 0.901. The number of rotatable bonds is 2.